The van der Waals surface area contributed by atoms with E-state index in [9.17, 15) is 18.3 Å². The average molecular weight is 409 g/mol. The lowest BCUT2D eigenvalue weighted by Crippen LogP contribution is -2.38. The molecule has 0 bridgehead atoms. The van der Waals surface area contributed by atoms with Crippen LogP contribution in [0.15, 0.2) is 48.5 Å². The number of nitrogens with one attached hydrogen (secondary N) is 1. The number of nitrogens with zero attached hydrogens (tertiary/aromatic N) is 1. The highest BCUT2D eigenvalue weighted by molar-refractivity contribution is 7.92. The summed E-state index contributed by atoms with van der Waals surface area (Å²) in [6, 6.07) is 13.2. The summed E-state index contributed by atoms with van der Waals surface area (Å²) in [6.45, 7) is 0.155. The van der Waals surface area contributed by atoms with Gasteiger partial charge in [-0.25, -0.2) is 8.42 Å². The van der Waals surface area contributed by atoms with Gasteiger partial charge in [0.05, 0.1) is 34.7 Å². The average Bonchev–Trinajstić information content (AvgIpc) is 2.66. The molecule has 1 saturated heterocycles. The number of benzene rings is 2. The zero-order valence-corrected chi connectivity index (χ0v) is 16.2. The van der Waals surface area contributed by atoms with Crippen molar-refractivity contribution in [1.29, 1.82) is 0 Å². The van der Waals surface area contributed by atoms with Crippen molar-refractivity contribution >= 4 is 33.2 Å². The van der Waals surface area contributed by atoms with E-state index < -0.39 is 22.0 Å². The first kappa shape index (κ1) is 19.7. The predicted molar refractivity (Wildman–Crippen MR) is 106 cm³/mol. The lowest BCUT2D eigenvalue weighted by atomic mass is 10.1. The minimum Gasteiger partial charge on any atom is -0.394 e. The van der Waals surface area contributed by atoms with Crippen LogP contribution in [0.1, 0.15) is 34.8 Å². The largest absolute Gasteiger partial charge is 0.394 e. The van der Waals surface area contributed by atoms with Gasteiger partial charge >= 0.3 is 0 Å². The minimum absolute atomic E-state index is 0.113. The topological polar surface area (TPSA) is 86.7 Å². The predicted octanol–water partition coefficient (Wildman–Crippen LogP) is 2.73. The SMILES string of the molecule is O=C(N[C@H](CO)c1ccccc1)c1ccc(N2CCCCS2(=O)=O)cc1Cl. The Kier molecular flexibility index (Phi) is 6.04. The van der Waals surface area contributed by atoms with Crippen LogP contribution < -0.4 is 9.62 Å². The number of aliphatic hydroxyl groups is 1. The number of halogens is 1. The molecule has 0 saturated carbocycles. The standard InChI is InChI=1S/C19H21ClN2O4S/c20-17-12-15(22-10-4-5-11-27(22,25)26)8-9-16(17)19(24)21-18(13-23)14-6-2-1-3-7-14/h1-3,6-9,12,18,23H,4-5,10-11,13H2,(H,21,24)/t18-/m1/s1. The summed E-state index contributed by atoms with van der Waals surface area (Å²) in [6.07, 6.45) is 1.43. The molecule has 3 rings (SSSR count). The Morgan fingerprint density at radius 1 is 1.19 bits per heavy atom. The van der Waals surface area contributed by atoms with E-state index in [1.807, 2.05) is 30.3 Å². The molecule has 0 aliphatic carbocycles. The van der Waals surface area contributed by atoms with Gasteiger partial charge in [0.25, 0.3) is 5.91 Å². The molecule has 2 aromatic carbocycles. The molecule has 6 nitrogen and oxygen atoms in total. The molecule has 1 fully saturated rings. The molecule has 2 aromatic rings. The zero-order valence-electron chi connectivity index (χ0n) is 14.6. The molecule has 27 heavy (non-hydrogen) atoms. The van der Waals surface area contributed by atoms with Crippen molar-refractivity contribution in [3.63, 3.8) is 0 Å². The molecule has 144 valence electrons. The van der Waals surface area contributed by atoms with Gasteiger partial charge in [-0.2, -0.15) is 0 Å². The molecule has 1 aliphatic rings. The summed E-state index contributed by atoms with van der Waals surface area (Å²) < 4.78 is 25.8. The second kappa shape index (κ2) is 8.29. The van der Waals surface area contributed by atoms with E-state index in [0.29, 0.717) is 18.7 Å². The third kappa shape index (κ3) is 4.43. The highest BCUT2D eigenvalue weighted by Gasteiger charge is 2.27. The monoisotopic (exact) mass is 408 g/mol. The smallest absolute Gasteiger partial charge is 0.253 e. The minimum atomic E-state index is -3.34. The van der Waals surface area contributed by atoms with E-state index >= 15 is 0 Å². The zero-order chi connectivity index (χ0) is 19.4. The number of hydrogen-bond donors (Lipinski definition) is 2. The first-order chi connectivity index (χ1) is 12.9. The Hall–Kier alpha value is -2.09. The molecule has 2 N–H and O–H groups in total. The fourth-order valence-electron chi connectivity index (χ4n) is 3.08. The first-order valence-electron chi connectivity index (χ1n) is 8.69. The van der Waals surface area contributed by atoms with Crippen LogP contribution in [0.4, 0.5) is 5.69 Å². The van der Waals surface area contributed by atoms with E-state index in [0.717, 1.165) is 12.0 Å². The van der Waals surface area contributed by atoms with Gasteiger partial charge < -0.3 is 10.4 Å². The molecule has 8 heteroatoms. The molecule has 0 aromatic heterocycles. The normalized spacial score (nSPS) is 17.3. The third-order valence-electron chi connectivity index (χ3n) is 4.52. The summed E-state index contributed by atoms with van der Waals surface area (Å²) in [5.74, 6) is -0.321. The second-order valence-electron chi connectivity index (χ2n) is 6.38. The van der Waals surface area contributed by atoms with Crippen LogP contribution in [0.25, 0.3) is 0 Å². The van der Waals surface area contributed by atoms with Crippen LogP contribution in [-0.4, -0.2) is 38.3 Å². The summed E-state index contributed by atoms with van der Waals surface area (Å²) in [4.78, 5) is 12.6. The lowest BCUT2D eigenvalue weighted by Gasteiger charge is -2.28. The molecule has 0 spiro atoms. The third-order valence-corrected chi connectivity index (χ3v) is 6.71. The van der Waals surface area contributed by atoms with Crippen LogP contribution in [0.3, 0.4) is 0 Å². The summed E-state index contributed by atoms with van der Waals surface area (Å²) in [5, 5.41) is 12.5. The maximum Gasteiger partial charge on any atom is 0.253 e. The lowest BCUT2D eigenvalue weighted by molar-refractivity contribution is 0.0916. The van der Waals surface area contributed by atoms with Gasteiger partial charge in [-0.15, -0.1) is 0 Å². The number of aliphatic hydroxyl groups excluding tert-OH is 1. The van der Waals surface area contributed by atoms with Gasteiger partial charge in [0.15, 0.2) is 0 Å². The van der Waals surface area contributed by atoms with Crippen LogP contribution in [0.2, 0.25) is 5.02 Å². The van der Waals surface area contributed by atoms with Crippen molar-refractivity contribution in [2.45, 2.75) is 18.9 Å². The molecular weight excluding hydrogens is 388 g/mol. The molecule has 1 amide bonds. The van der Waals surface area contributed by atoms with Gasteiger partial charge in [0, 0.05) is 6.54 Å². The molecule has 0 unspecified atom stereocenters. The van der Waals surface area contributed by atoms with E-state index in [2.05, 4.69) is 5.32 Å². The van der Waals surface area contributed by atoms with Crippen molar-refractivity contribution in [2.75, 3.05) is 23.2 Å². The molecule has 1 heterocycles. The number of amides is 1. The Morgan fingerprint density at radius 2 is 1.93 bits per heavy atom. The number of hydrogen-bond acceptors (Lipinski definition) is 4. The highest BCUT2D eigenvalue weighted by Crippen LogP contribution is 2.28. The van der Waals surface area contributed by atoms with Crippen LogP contribution in [0, 0.1) is 0 Å². The van der Waals surface area contributed by atoms with Gasteiger partial charge in [0.1, 0.15) is 0 Å². The maximum absolute atomic E-state index is 12.6. The van der Waals surface area contributed by atoms with Gasteiger partial charge in [-0.1, -0.05) is 41.9 Å². The van der Waals surface area contributed by atoms with Crippen LogP contribution >= 0.6 is 11.6 Å². The fourth-order valence-corrected chi connectivity index (χ4v) is 4.97. The first-order valence-corrected chi connectivity index (χ1v) is 10.7. The van der Waals surface area contributed by atoms with Crippen molar-refractivity contribution in [2.24, 2.45) is 0 Å². The maximum atomic E-state index is 12.6. The fraction of sp³-hybridized carbons (Fsp3) is 0.316. The van der Waals surface area contributed by atoms with Gasteiger partial charge in [-0.3, -0.25) is 9.10 Å². The van der Waals surface area contributed by atoms with Gasteiger partial charge in [-0.05, 0) is 36.6 Å². The number of sulfonamides is 1. The molecular formula is C19H21ClN2O4S. The van der Waals surface area contributed by atoms with E-state index in [1.165, 1.54) is 16.4 Å². The summed E-state index contributed by atoms with van der Waals surface area (Å²) >= 11 is 6.26. The number of carbonyl (C=O) groups excluding carboxylic acids is 1. The Morgan fingerprint density at radius 3 is 2.56 bits per heavy atom. The van der Waals surface area contributed by atoms with Crippen LogP contribution in [-0.2, 0) is 10.0 Å². The Balaban J connectivity index is 1.80. The molecule has 1 aliphatic heterocycles. The van der Waals surface area contributed by atoms with E-state index in [-0.39, 0.29) is 22.9 Å². The van der Waals surface area contributed by atoms with Crippen molar-refractivity contribution in [3.05, 3.63) is 64.7 Å². The van der Waals surface area contributed by atoms with Gasteiger partial charge in [0.2, 0.25) is 10.0 Å². The van der Waals surface area contributed by atoms with E-state index in [1.54, 1.807) is 6.07 Å². The quantitative estimate of drug-likeness (QED) is 0.796. The number of carbonyl (C=O) groups is 1. The van der Waals surface area contributed by atoms with Crippen molar-refractivity contribution < 1.29 is 18.3 Å². The Bertz CT molecular complexity index is 919. The molecule has 0 radical (unpaired) electrons. The number of rotatable bonds is 5. The van der Waals surface area contributed by atoms with Crippen LogP contribution in [0.5, 0.6) is 0 Å². The van der Waals surface area contributed by atoms with E-state index in [4.69, 9.17) is 11.6 Å². The number of anilines is 1. The Labute approximate surface area is 163 Å². The summed E-state index contributed by atoms with van der Waals surface area (Å²) in [7, 11) is -3.34. The summed E-state index contributed by atoms with van der Waals surface area (Å²) in [5.41, 5.74) is 1.46. The molecule has 1 atom stereocenters. The second-order valence-corrected chi connectivity index (χ2v) is 8.80. The highest BCUT2D eigenvalue weighted by atomic mass is 35.5. The van der Waals surface area contributed by atoms with Crippen molar-refractivity contribution in [1.82, 2.24) is 5.32 Å². The van der Waals surface area contributed by atoms with Crippen molar-refractivity contribution in [3.8, 4) is 0 Å².